The topological polar surface area (TPSA) is 57.8 Å². The van der Waals surface area contributed by atoms with Gasteiger partial charge in [0.25, 0.3) is 5.91 Å². The number of terminal acetylenes is 1. The summed E-state index contributed by atoms with van der Waals surface area (Å²) in [6.07, 6.45) is 9.59. The second kappa shape index (κ2) is 4.99. The Hall–Kier alpha value is -1.76. The molecule has 1 amide bonds. The number of aromatic amines is 1. The minimum atomic E-state index is -0.120. The first-order valence-electron chi connectivity index (χ1n) is 4.05. The van der Waals surface area contributed by atoms with Gasteiger partial charge in [-0.3, -0.25) is 9.89 Å². The number of carbonyl (C=O) groups is 1. The van der Waals surface area contributed by atoms with E-state index in [1.807, 2.05) is 0 Å². The Kier molecular flexibility index (Phi) is 3.58. The SMILES string of the molecule is C#CCCCNC(=O)c1cn[nH]c1. The maximum atomic E-state index is 11.2. The van der Waals surface area contributed by atoms with E-state index in [1.165, 1.54) is 6.20 Å². The number of amides is 1. The van der Waals surface area contributed by atoms with Crippen LogP contribution in [0.3, 0.4) is 0 Å². The van der Waals surface area contributed by atoms with Crippen LogP contribution in [0.2, 0.25) is 0 Å². The summed E-state index contributed by atoms with van der Waals surface area (Å²) < 4.78 is 0. The fraction of sp³-hybridized carbons (Fsp3) is 0.333. The molecule has 0 unspecified atom stereocenters. The van der Waals surface area contributed by atoms with Crippen LogP contribution in [0.1, 0.15) is 23.2 Å². The molecular formula is C9H11N3O. The molecule has 0 bridgehead atoms. The largest absolute Gasteiger partial charge is 0.352 e. The van der Waals surface area contributed by atoms with Crippen molar-refractivity contribution in [1.82, 2.24) is 15.5 Å². The maximum absolute atomic E-state index is 11.2. The number of nitrogens with zero attached hydrogens (tertiary/aromatic N) is 1. The highest BCUT2D eigenvalue weighted by Crippen LogP contribution is 1.93. The lowest BCUT2D eigenvalue weighted by Gasteiger charge is -2.00. The average molecular weight is 177 g/mol. The first-order valence-corrected chi connectivity index (χ1v) is 4.05. The molecule has 0 saturated heterocycles. The van der Waals surface area contributed by atoms with Crippen molar-refractivity contribution in [2.75, 3.05) is 6.54 Å². The zero-order chi connectivity index (χ0) is 9.52. The molecule has 4 nitrogen and oxygen atoms in total. The zero-order valence-corrected chi connectivity index (χ0v) is 7.21. The standard InChI is InChI=1S/C9H11N3O/c1-2-3-4-5-10-9(13)8-6-11-12-7-8/h1,6-7H,3-5H2,(H,10,13)(H,11,12). The van der Waals surface area contributed by atoms with Crippen molar-refractivity contribution in [1.29, 1.82) is 0 Å². The molecule has 1 heterocycles. The van der Waals surface area contributed by atoms with Crippen LogP contribution in [0.25, 0.3) is 0 Å². The van der Waals surface area contributed by atoms with Crippen molar-refractivity contribution in [2.45, 2.75) is 12.8 Å². The van der Waals surface area contributed by atoms with Gasteiger partial charge >= 0.3 is 0 Å². The van der Waals surface area contributed by atoms with Gasteiger partial charge in [-0.1, -0.05) is 0 Å². The molecule has 2 N–H and O–H groups in total. The minimum absolute atomic E-state index is 0.120. The highest BCUT2D eigenvalue weighted by Gasteiger charge is 2.03. The van der Waals surface area contributed by atoms with Gasteiger partial charge in [0, 0.05) is 19.2 Å². The summed E-state index contributed by atoms with van der Waals surface area (Å²) in [6.45, 7) is 0.605. The number of hydrogen-bond acceptors (Lipinski definition) is 2. The average Bonchev–Trinajstić information content (AvgIpc) is 2.65. The molecule has 0 fully saturated rings. The number of aromatic nitrogens is 2. The van der Waals surface area contributed by atoms with Crippen LogP contribution < -0.4 is 5.32 Å². The third-order valence-corrected chi connectivity index (χ3v) is 1.54. The van der Waals surface area contributed by atoms with Gasteiger partial charge in [0.05, 0.1) is 11.8 Å². The monoisotopic (exact) mass is 177 g/mol. The van der Waals surface area contributed by atoms with E-state index in [0.29, 0.717) is 18.5 Å². The van der Waals surface area contributed by atoms with E-state index < -0.39 is 0 Å². The van der Waals surface area contributed by atoms with Crippen LogP contribution in [0.4, 0.5) is 0 Å². The highest BCUT2D eigenvalue weighted by molar-refractivity contribution is 5.93. The van der Waals surface area contributed by atoms with Crippen molar-refractivity contribution in [3.05, 3.63) is 18.0 Å². The molecule has 0 atom stereocenters. The normalized spacial score (nSPS) is 9.15. The van der Waals surface area contributed by atoms with Crippen molar-refractivity contribution in [2.24, 2.45) is 0 Å². The molecule has 13 heavy (non-hydrogen) atoms. The Bertz CT molecular complexity index is 297. The Morgan fingerprint density at radius 1 is 1.77 bits per heavy atom. The van der Waals surface area contributed by atoms with Gasteiger partial charge < -0.3 is 5.32 Å². The van der Waals surface area contributed by atoms with E-state index in [1.54, 1.807) is 6.20 Å². The van der Waals surface area contributed by atoms with Gasteiger partial charge in [-0.2, -0.15) is 5.10 Å². The molecule has 1 aromatic rings. The van der Waals surface area contributed by atoms with Crippen LogP contribution >= 0.6 is 0 Å². The summed E-state index contributed by atoms with van der Waals surface area (Å²) in [4.78, 5) is 11.2. The molecule has 0 spiro atoms. The van der Waals surface area contributed by atoms with E-state index in [4.69, 9.17) is 6.42 Å². The molecule has 0 radical (unpaired) electrons. The first kappa shape index (κ1) is 9.33. The number of hydrogen-bond donors (Lipinski definition) is 2. The van der Waals surface area contributed by atoms with Crippen LogP contribution in [0, 0.1) is 12.3 Å². The van der Waals surface area contributed by atoms with Gasteiger partial charge in [-0.05, 0) is 6.42 Å². The lowest BCUT2D eigenvalue weighted by Crippen LogP contribution is -2.23. The number of H-pyrrole nitrogens is 1. The van der Waals surface area contributed by atoms with Crippen LogP contribution in [0.5, 0.6) is 0 Å². The van der Waals surface area contributed by atoms with Crippen LogP contribution in [-0.2, 0) is 0 Å². The molecule has 0 aromatic carbocycles. The van der Waals surface area contributed by atoms with E-state index in [0.717, 1.165) is 6.42 Å². The number of unbranched alkanes of at least 4 members (excludes halogenated alkanes) is 1. The predicted molar refractivity (Wildman–Crippen MR) is 49.0 cm³/mol. The van der Waals surface area contributed by atoms with Crippen LogP contribution in [-0.4, -0.2) is 22.6 Å². The van der Waals surface area contributed by atoms with E-state index in [2.05, 4.69) is 21.4 Å². The third kappa shape index (κ3) is 2.99. The summed E-state index contributed by atoms with van der Waals surface area (Å²) in [5, 5.41) is 8.96. The van der Waals surface area contributed by atoms with Gasteiger partial charge in [0.15, 0.2) is 0 Å². The Morgan fingerprint density at radius 2 is 2.62 bits per heavy atom. The van der Waals surface area contributed by atoms with Gasteiger partial charge in [-0.15, -0.1) is 12.3 Å². The number of carbonyl (C=O) groups excluding carboxylic acids is 1. The van der Waals surface area contributed by atoms with Gasteiger partial charge in [-0.25, -0.2) is 0 Å². The lowest BCUT2D eigenvalue weighted by atomic mass is 10.3. The van der Waals surface area contributed by atoms with Crippen molar-refractivity contribution < 1.29 is 4.79 Å². The molecule has 0 aliphatic rings. The van der Waals surface area contributed by atoms with E-state index >= 15 is 0 Å². The highest BCUT2D eigenvalue weighted by atomic mass is 16.1. The zero-order valence-electron chi connectivity index (χ0n) is 7.21. The third-order valence-electron chi connectivity index (χ3n) is 1.54. The Balaban J connectivity index is 2.24. The van der Waals surface area contributed by atoms with E-state index in [-0.39, 0.29) is 5.91 Å². The predicted octanol–water partition coefficient (Wildman–Crippen LogP) is 0.553. The Morgan fingerprint density at radius 3 is 3.23 bits per heavy atom. The van der Waals surface area contributed by atoms with Gasteiger partial charge in [0.1, 0.15) is 0 Å². The van der Waals surface area contributed by atoms with E-state index in [9.17, 15) is 4.79 Å². The Labute approximate surface area is 76.7 Å². The number of nitrogens with one attached hydrogen (secondary N) is 2. The molecule has 1 rings (SSSR count). The molecule has 68 valence electrons. The summed E-state index contributed by atoms with van der Waals surface area (Å²) in [5.41, 5.74) is 0.542. The summed E-state index contributed by atoms with van der Waals surface area (Å²) >= 11 is 0. The molecule has 0 aliphatic carbocycles. The summed E-state index contributed by atoms with van der Waals surface area (Å²) in [6, 6.07) is 0. The first-order chi connectivity index (χ1) is 6.34. The summed E-state index contributed by atoms with van der Waals surface area (Å²) in [7, 11) is 0. The molecule has 0 aliphatic heterocycles. The maximum Gasteiger partial charge on any atom is 0.254 e. The minimum Gasteiger partial charge on any atom is -0.352 e. The second-order valence-corrected chi connectivity index (χ2v) is 2.55. The van der Waals surface area contributed by atoms with Gasteiger partial charge in [0.2, 0.25) is 0 Å². The quantitative estimate of drug-likeness (QED) is 0.521. The molecule has 0 saturated carbocycles. The fourth-order valence-electron chi connectivity index (χ4n) is 0.869. The second-order valence-electron chi connectivity index (χ2n) is 2.55. The number of rotatable bonds is 4. The molecule has 4 heteroatoms. The molecular weight excluding hydrogens is 166 g/mol. The summed E-state index contributed by atoms with van der Waals surface area (Å²) in [5.74, 6) is 2.39. The smallest absolute Gasteiger partial charge is 0.254 e. The molecule has 1 aromatic heterocycles. The fourth-order valence-corrected chi connectivity index (χ4v) is 0.869. The van der Waals surface area contributed by atoms with Crippen molar-refractivity contribution in [3.8, 4) is 12.3 Å². The lowest BCUT2D eigenvalue weighted by molar-refractivity contribution is 0.0953. The van der Waals surface area contributed by atoms with Crippen LogP contribution in [0.15, 0.2) is 12.4 Å². The van der Waals surface area contributed by atoms with Crippen molar-refractivity contribution in [3.63, 3.8) is 0 Å². The van der Waals surface area contributed by atoms with Crippen molar-refractivity contribution >= 4 is 5.91 Å².